The van der Waals surface area contributed by atoms with Crippen LogP contribution in [-0.4, -0.2) is 31.3 Å². The number of benzene rings is 1. The van der Waals surface area contributed by atoms with Gasteiger partial charge in [-0.1, -0.05) is 18.2 Å². The van der Waals surface area contributed by atoms with Gasteiger partial charge in [0.2, 0.25) is 0 Å². The van der Waals surface area contributed by atoms with E-state index in [4.69, 9.17) is 10.0 Å². The lowest BCUT2D eigenvalue weighted by molar-refractivity contribution is 0.426. The van der Waals surface area contributed by atoms with Crippen LogP contribution in [0.1, 0.15) is 0 Å². The monoisotopic (exact) mass is 201 g/mol. The molecule has 0 atom stereocenters. The molecule has 1 aromatic carbocycles. The van der Waals surface area contributed by atoms with E-state index in [0.29, 0.717) is 5.46 Å². The van der Waals surface area contributed by atoms with Gasteiger partial charge in [0.25, 0.3) is 0 Å². The van der Waals surface area contributed by atoms with Crippen molar-refractivity contribution in [1.29, 1.82) is 0 Å². The van der Waals surface area contributed by atoms with Crippen molar-refractivity contribution in [2.45, 2.75) is 0 Å². The summed E-state index contributed by atoms with van der Waals surface area (Å²) in [6.07, 6.45) is 0. The van der Waals surface area contributed by atoms with Crippen molar-refractivity contribution in [3.05, 3.63) is 24.3 Å². The van der Waals surface area contributed by atoms with E-state index in [2.05, 4.69) is 0 Å². The standard InChI is InChI=1S/C8H12BNO2.ClH/c1-10(2)8-6-4-3-5-7(8)9(11)12;/h3-6,11-12H,1-2H3;1H. The average molecular weight is 201 g/mol. The van der Waals surface area contributed by atoms with Crippen LogP contribution in [-0.2, 0) is 0 Å². The van der Waals surface area contributed by atoms with Crippen LogP contribution in [0.4, 0.5) is 5.69 Å². The summed E-state index contributed by atoms with van der Waals surface area (Å²) in [4.78, 5) is 1.84. The Labute approximate surface area is 84.6 Å². The first-order valence-corrected chi connectivity index (χ1v) is 3.75. The number of hydrogen-bond donors (Lipinski definition) is 2. The molecule has 1 rings (SSSR count). The molecule has 0 heterocycles. The molecule has 0 amide bonds. The quantitative estimate of drug-likeness (QED) is 0.655. The largest absolute Gasteiger partial charge is 0.490 e. The van der Waals surface area contributed by atoms with Gasteiger partial charge in [0.05, 0.1) is 0 Å². The van der Waals surface area contributed by atoms with Gasteiger partial charge in [0, 0.05) is 25.2 Å². The van der Waals surface area contributed by atoms with Crippen molar-refractivity contribution in [2.75, 3.05) is 19.0 Å². The Morgan fingerprint density at radius 2 is 1.69 bits per heavy atom. The van der Waals surface area contributed by atoms with Crippen LogP contribution < -0.4 is 10.4 Å². The highest BCUT2D eigenvalue weighted by Gasteiger charge is 2.15. The average Bonchev–Trinajstić information content (AvgIpc) is 2.04. The second-order valence-electron chi connectivity index (χ2n) is 2.83. The number of rotatable bonds is 2. The van der Waals surface area contributed by atoms with E-state index in [1.807, 2.05) is 31.1 Å². The van der Waals surface area contributed by atoms with Crippen molar-refractivity contribution in [1.82, 2.24) is 0 Å². The Balaban J connectivity index is 0.00000144. The second kappa shape index (κ2) is 5.12. The molecule has 0 aliphatic heterocycles. The molecular formula is C8H13BClNO2. The molecule has 0 spiro atoms. The lowest BCUT2D eigenvalue weighted by atomic mass is 9.79. The van der Waals surface area contributed by atoms with Gasteiger partial charge in [0.15, 0.2) is 0 Å². The molecule has 72 valence electrons. The highest BCUT2D eigenvalue weighted by Crippen LogP contribution is 2.06. The van der Waals surface area contributed by atoms with Gasteiger partial charge in [-0.3, -0.25) is 0 Å². The fourth-order valence-electron chi connectivity index (χ4n) is 1.11. The van der Waals surface area contributed by atoms with Crippen LogP contribution in [0.2, 0.25) is 0 Å². The van der Waals surface area contributed by atoms with Gasteiger partial charge in [-0.05, 0) is 6.07 Å². The molecule has 0 bridgehead atoms. The zero-order valence-electron chi connectivity index (χ0n) is 7.64. The van der Waals surface area contributed by atoms with E-state index < -0.39 is 7.12 Å². The Morgan fingerprint density at radius 3 is 2.08 bits per heavy atom. The molecular weight excluding hydrogens is 188 g/mol. The molecule has 1 aromatic rings. The third-order valence-electron chi connectivity index (χ3n) is 1.70. The zero-order chi connectivity index (χ0) is 9.14. The highest BCUT2D eigenvalue weighted by molar-refractivity contribution is 6.60. The predicted octanol–water partition coefficient (Wildman–Crippen LogP) is -0.146. The maximum atomic E-state index is 8.98. The van der Waals surface area contributed by atoms with Crippen molar-refractivity contribution in [2.24, 2.45) is 0 Å². The summed E-state index contributed by atoms with van der Waals surface area (Å²) in [6.45, 7) is 0. The highest BCUT2D eigenvalue weighted by atomic mass is 35.5. The fraction of sp³-hybridized carbons (Fsp3) is 0.250. The first-order valence-electron chi connectivity index (χ1n) is 3.75. The third kappa shape index (κ3) is 2.92. The molecule has 0 radical (unpaired) electrons. The minimum atomic E-state index is -1.40. The van der Waals surface area contributed by atoms with E-state index in [1.165, 1.54) is 0 Å². The van der Waals surface area contributed by atoms with Gasteiger partial charge in [0.1, 0.15) is 0 Å². The first kappa shape index (κ1) is 12.3. The molecule has 13 heavy (non-hydrogen) atoms. The van der Waals surface area contributed by atoms with Crippen molar-refractivity contribution in [3.63, 3.8) is 0 Å². The van der Waals surface area contributed by atoms with E-state index >= 15 is 0 Å². The summed E-state index contributed by atoms with van der Waals surface area (Å²) >= 11 is 0. The van der Waals surface area contributed by atoms with Crippen LogP contribution in [0.5, 0.6) is 0 Å². The Bertz CT molecular complexity index is 241. The van der Waals surface area contributed by atoms with Crippen molar-refractivity contribution in [3.8, 4) is 0 Å². The molecule has 5 heteroatoms. The van der Waals surface area contributed by atoms with E-state index in [0.717, 1.165) is 5.69 Å². The van der Waals surface area contributed by atoms with E-state index in [9.17, 15) is 0 Å². The summed E-state index contributed by atoms with van der Waals surface area (Å²) in [6, 6.07) is 7.18. The van der Waals surface area contributed by atoms with Gasteiger partial charge < -0.3 is 14.9 Å². The SMILES string of the molecule is CN(C)c1ccccc1B(O)O.Cl. The summed E-state index contributed by atoms with van der Waals surface area (Å²) < 4.78 is 0. The van der Waals surface area contributed by atoms with Gasteiger partial charge in [-0.25, -0.2) is 0 Å². The summed E-state index contributed by atoms with van der Waals surface area (Å²) in [5.74, 6) is 0. The smallest absolute Gasteiger partial charge is 0.423 e. The molecule has 0 aliphatic rings. The van der Waals surface area contributed by atoms with Crippen molar-refractivity contribution < 1.29 is 10.0 Å². The molecule has 0 saturated heterocycles. The summed E-state index contributed by atoms with van der Waals surface area (Å²) in [5, 5.41) is 18.0. The summed E-state index contributed by atoms with van der Waals surface area (Å²) in [7, 11) is 2.33. The van der Waals surface area contributed by atoms with Crippen molar-refractivity contribution >= 4 is 30.7 Å². The van der Waals surface area contributed by atoms with Gasteiger partial charge >= 0.3 is 7.12 Å². The molecule has 3 nitrogen and oxygen atoms in total. The number of nitrogens with zero attached hydrogens (tertiary/aromatic N) is 1. The molecule has 0 saturated carbocycles. The molecule has 0 aromatic heterocycles. The van der Waals surface area contributed by atoms with Crippen LogP contribution in [0, 0.1) is 0 Å². The number of para-hydroxylation sites is 1. The Hall–Kier alpha value is -0.705. The minimum absolute atomic E-state index is 0. The molecule has 0 aliphatic carbocycles. The number of halogens is 1. The zero-order valence-corrected chi connectivity index (χ0v) is 8.45. The van der Waals surface area contributed by atoms with Crippen LogP contribution in [0.25, 0.3) is 0 Å². The number of anilines is 1. The third-order valence-corrected chi connectivity index (χ3v) is 1.70. The van der Waals surface area contributed by atoms with Gasteiger partial charge in [-0.15, -0.1) is 12.4 Å². The van der Waals surface area contributed by atoms with Crippen LogP contribution in [0.15, 0.2) is 24.3 Å². The van der Waals surface area contributed by atoms with Crippen LogP contribution in [0.3, 0.4) is 0 Å². The maximum absolute atomic E-state index is 8.98. The first-order chi connectivity index (χ1) is 5.63. The second-order valence-corrected chi connectivity index (χ2v) is 2.83. The molecule has 0 fully saturated rings. The molecule has 2 N–H and O–H groups in total. The van der Waals surface area contributed by atoms with Gasteiger partial charge in [-0.2, -0.15) is 0 Å². The van der Waals surface area contributed by atoms with Crippen LogP contribution >= 0.6 is 12.4 Å². The lowest BCUT2D eigenvalue weighted by Gasteiger charge is -2.16. The van der Waals surface area contributed by atoms with E-state index in [1.54, 1.807) is 12.1 Å². The molecule has 0 unspecified atom stereocenters. The number of hydrogen-bond acceptors (Lipinski definition) is 3. The Morgan fingerprint density at radius 1 is 1.15 bits per heavy atom. The predicted molar refractivity (Wildman–Crippen MR) is 57.8 cm³/mol. The lowest BCUT2D eigenvalue weighted by Crippen LogP contribution is -2.34. The Kier molecular flexibility index (Phi) is 4.84. The van der Waals surface area contributed by atoms with E-state index in [-0.39, 0.29) is 12.4 Å². The topological polar surface area (TPSA) is 43.7 Å². The maximum Gasteiger partial charge on any atom is 0.490 e. The normalized spacial score (nSPS) is 8.92. The minimum Gasteiger partial charge on any atom is -0.423 e. The summed E-state index contributed by atoms with van der Waals surface area (Å²) in [5.41, 5.74) is 1.36. The fourth-order valence-corrected chi connectivity index (χ4v) is 1.11.